The zero-order chi connectivity index (χ0) is 12.4. The molecule has 0 saturated heterocycles. The van der Waals surface area contributed by atoms with Gasteiger partial charge in [0, 0.05) is 6.26 Å². The SMILES string of the molecule is CS(=O)(=O)[C@@H](C#N)S(=O)(=O)c1ccccc1. The molecule has 0 radical (unpaired) electrons. The number of hydrogen-bond donors (Lipinski definition) is 0. The molecule has 0 heterocycles. The summed E-state index contributed by atoms with van der Waals surface area (Å²) in [6.45, 7) is 0. The third-order valence-electron chi connectivity index (χ3n) is 1.85. The van der Waals surface area contributed by atoms with Crippen LogP contribution in [0.1, 0.15) is 0 Å². The van der Waals surface area contributed by atoms with Crippen molar-refractivity contribution in [2.75, 3.05) is 6.26 Å². The summed E-state index contributed by atoms with van der Waals surface area (Å²) < 4.78 is 43.9. The van der Waals surface area contributed by atoms with Crippen LogP contribution in [0.3, 0.4) is 0 Å². The first-order valence-electron chi connectivity index (χ1n) is 4.17. The number of hydrogen-bond acceptors (Lipinski definition) is 5. The summed E-state index contributed by atoms with van der Waals surface area (Å²) in [5.74, 6) is 0. The molecule has 86 valence electrons. The van der Waals surface area contributed by atoms with Gasteiger partial charge >= 0.3 is 0 Å². The van der Waals surface area contributed by atoms with Crippen molar-refractivity contribution in [3.8, 4) is 6.07 Å². The minimum atomic E-state index is -4.16. The molecule has 0 aromatic heterocycles. The molecular weight excluding hydrogens is 250 g/mol. The second-order valence-electron chi connectivity index (χ2n) is 3.15. The molecule has 0 bridgehead atoms. The fourth-order valence-electron chi connectivity index (χ4n) is 1.13. The van der Waals surface area contributed by atoms with Crippen molar-refractivity contribution in [3.63, 3.8) is 0 Å². The maximum atomic E-state index is 11.8. The van der Waals surface area contributed by atoms with Crippen molar-refractivity contribution < 1.29 is 16.8 Å². The molecule has 7 heteroatoms. The number of nitriles is 1. The van der Waals surface area contributed by atoms with E-state index < -0.39 is 24.3 Å². The van der Waals surface area contributed by atoms with Crippen molar-refractivity contribution in [2.24, 2.45) is 0 Å². The first kappa shape index (κ1) is 12.7. The van der Waals surface area contributed by atoms with E-state index in [1.165, 1.54) is 30.3 Å². The Hall–Kier alpha value is -1.39. The van der Waals surface area contributed by atoms with E-state index in [4.69, 9.17) is 5.26 Å². The van der Waals surface area contributed by atoms with Crippen molar-refractivity contribution in [3.05, 3.63) is 30.3 Å². The Morgan fingerprint density at radius 2 is 1.62 bits per heavy atom. The standard InChI is InChI=1S/C9H9NO4S2/c1-15(11,12)9(7-10)16(13,14)8-5-3-2-4-6-8/h2-6,9H,1H3/t9-/m1/s1. The van der Waals surface area contributed by atoms with Gasteiger partial charge in [0.05, 0.1) is 11.0 Å². The molecule has 1 aromatic rings. The van der Waals surface area contributed by atoms with Crippen molar-refractivity contribution >= 4 is 19.7 Å². The molecule has 0 aliphatic heterocycles. The molecule has 1 aromatic carbocycles. The van der Waals surface area contributed by atoms with Gasteiger partial charge < -0.3 is 0 Å². The van der Waals surface area contributed by atoms with E-state index in [1.54, 1.807) is 6.07 Å². The lowest BCUT2D eigenvalue weighted by molar-refractivity contribution is 0.585. The normalized spacial score (nSPS) is 14.0. The third-order valence-corrected chi connectivity index (χ3v) is 6.14. The van der Waals surface area contributed by atoms with E-state index in [9.17, 15) is 16.8 Å². The van der Waals surface area contributed by atoms with Crippen LogP contribution < -0.4 is 0 Å². The molecule has 0 aliphatic carbocycles. The molecule has 0 aliphatic rings. The summed E-state index contributed by atoms with van der Waals surface area (Å²) in [5, 5.41) is 8.65. The van der Waals surface area contributed by atoms with Crippen LogP contribution in [0.4, 0.5) is 0 Å². The fourth-order valence-corrected chi connectivity index (χ4v) is 4.42. The molecule has 16 heavy (non-hydrogen) atoms. The van der Waals surface area contributed by atoms with Crippen LogP contribution in [0.5, 0.6) is 0 Å². The van der Waals surface area contributed by atoms with Crippen LogP contribution in [0.15, 0.2) is 35.2 Å². The molecule has 1 rings (SSSR count). The number of benzene rings is 1. The summed E-state index contributed by atoms with van der Waals surface area (Å²) in [6, 6.07) is 8.34. The summed E-state index contributed by atoms with van der Waals surface area (Å²) >= 11 is 0. The fraction of sp³-hybridized carbons (Fsp3) is 0.222. The van der Waals surface area contributed by atoms with Gasteiger partial charge in [-0.3, -0.25) is 0 Å². The van der Waals surface area contributed by atoms with Gasteiger partial charge in [-0.05, 0) is 12.1 Å². The second kappa shape index (κ2) is 4.23. The first-order valence-corrected chi connectivity index (χ1v) is 7.67. The monoisotopic (exact) mass is 259 g/mol. The quantitative estimate of drug-likeness (QED) is 0.781. The van der Waals surface area contributed by atoms with E-state index in [1.807, 2.05) is 0 Å². The van der Waals surface area contributed by atoms with E-state index in [2.05, 4.69) is 0 Å². The predicted octanol–water partition coefficient (Wildman–Crippen LogP) is 0.355. The maximum Gasteiger partial charge on any atom is 0.252 e. The highest BCUT2D eigenvalue weighted by Crippen LogP contribution is 2.18. The van der Waals surface area contributed by atoms with E-state index in [-0.39, 0.29) is 4.90 Å². The lowest BCUT2D eigenvalue weighted by Crippen LogP contribution is -2.28. The van der Waals surface area contributed by atoms with Gasteiger partial charge in [0.1, 0.15) is 0 Å². The van der Waals surface area contributed by atoms with Crippen LogP contribution in [0.2, 0.25) is 0 Å². The van der Waals surface area contributed by atoms with Gasteiger partial charge in [0.15, 0.2) is 9.84 Å². The Bertz CT molecular complexity index is 611. The summed E-state index contributed by atoms with van der Waals surface area (Å²) in [7, 11) is -8.13. The number of nitrogens with zero attached hydrogens (tertiary/aromatic N) is 1. The number of sulfone groups is 2. The Balaban J connectivity index is 3.40. The minimum absolute atomic E-state index is 0.174. The van der Waals surface area contributed by atoms with Gasteiger partial charge in [-0.15, -0.1) is 0 Å². The Morgan fingerprint density at radius 1 is 1.12 bits per heavy atom. The minimum Gasteiger partial charge on any atom is -0.227 e. The molecule has 0 saturated carbocycles. The van der Waals surface area contributed by atoms with E-state index >= 15 is 0 Å². The zero-order valence-electron chi connectivity index (χ0n) is 8.36. The molecule has 0 amide bonds. The lowest BCUT2D eigenvalue weighted by atomic mass is 10.4. The molecule has 1 atom stereocenters. The first-order chi connectivity index (χ1) is 7.30. The van der Waals surface area contributed by atoms with Crippen molar-refractivity contribution in [1.82, 2.24) is 0 Å². The third kappa shape index (κ3) is 2.40. The van der Waals surface area contributed by atoms with Crippen LogP contribution in [0.25, 0.3) is 0 Å². The molecular formula is C9H9NO4S2. The van der Waals surface area contributed by atoms with Crippen LogP contribution in [-0.4, -0.2) is 27.7 Å². The highest BCUT2D eigenvalue weighted by atomic mass is 32.3. The Morgan fingerprint density at radius 3 is 2.00 bits per heavy atom. The van der Waals surface area contributed by atoms with Gasteiger partial charge in [-0.2, -0.15) is 5.26 Å². The van der Waals surface area contributed by atoms with Crippen LogP contribution in [-0.2, 0) is 19.7 Å². The Kier molecular flexibility index (Phi) is 3.35. The topological polar surface area (TPSA) is 92.1 Å². The highest BCUT2D eigenvalue weighted by Gasteiger charge is 2.35. The molecule has 0 unspecified atom stereocenters. The van der Waals surface area contributed by atoms with Gasteiger partial charge in [0.2, 0.25) is 9.84 Å². The average Bonchev–Trinajstić information content (AvgIpc) is 2.17. The smallest absolute Gasteiger partial charge is 0.227 e. The lowest BCUT2D eigenvalue weighted by Gasteiger charge is -2.08. The maximum absolute atomic E-state index is 11.8. The van der Waals surface area contributed by atoms with E-state index in [0.717, 1.165) is 6.26 Å². The van der Waals surface area contributed by atoms with Crippen molar-refractivity contribution in [2.45, 2.75) is 9.48 Å². The molecule has 5 nitrogen and oxygen atoms in total. The van der Waals surface area contributed by atoms with Gasteiger partial charge in [0.25, 0.3) is 4.58 Å². The van der Waals surface area contributed by atoms with Gasteiger partial charge in [-0.25, -0.2) is 16.8 Å². The molecule has 0 N–H and O–H groups in total. The predicted molar refractivity (Wildman–Crippen MR) is 57.9 cm³/mol. The summed E-state index contributed by atoms with van der Waals surface area (Å²) in [4.78, 5) is -0.174. The summed E-state index contributed by atoms with van der Waals surface area (Å²) in [6.07, 6.45) is 0.724. The second-order valence-corrected chi connectivity index (χ2v) is 7.61. The molecule has 0 fully saturated rings. The van der Waals surface area contributed by atoms with E-state index in [0.29, 0.717) is 0 Å². The number of rotatable bonds is 3. The largest absolute Gasteiger partial charge is 0.252 e. The highest BCUT2D eigenvalue weighted by molar-refractivity contribution is 8.09. The Labute approximate surface area is 94.2 Å². The molecule has 0 spiro atoms. The zero-order valence-corrected chi connectivity index (χ0v) is 9.99. The van der Waals surface area contributed by atoms with Crippen LogP contribution in [0, 0.1) is 11.3 Å². The average molecular weight is 259 g/mol. The van der Waals surface area contributed by atoms with Crippen molar-refractivity contribution in [1.29, 1.82) is 5.26 Å². The van der Waals surface area contributed by atoms with Gasteiger partial charge in [-0.1, -0.05) is 18.2 Å². The van der Waals surface area contributed by atoms with Crippen LogP contribution >= 0.6 is 0 Å². The summed E-state index contributed by atoms with van der Waals surface area (Å²) in [5.41, 5.74) is 0.